The molecule has 3 N–H and O–H groups in total. The maximum absolute atomic E-state index is 8.91. The van der Waals surface area contributed by atoms with Gasteiger partial charge in [0.2, 0.25) is 0 Å². The van der Waals surface area contributed by atoms with E-state index < -0.39 is 0 Å². The number of halogens is 1. The number of hydrogen-bond donors (Lipinski definition) is 2. The molecule has 90 valence electrons. The summed E-state index contributed by atoms with van der Waals surface area (Å²) in [4.78, 5) is 0. The maximum Gasteiger partial charge on any atom is 0.0521 e. The van der Waals surface area contributed by atoms with Gasteiger partial charge in [0.05, 0.1) is 6.61 Å². The lowest BCUT2D eigenvalue weighted by atomic mass is 10.0. The first-order valence-corrected chi connectivity index (χ1v) is 7.27. The molecule has 2 nitrogen and oxygen atoms in total. The predicted octanol–water partition coefficient (Wildman–Crippen LogP) is 2.95. The van der Waals surface area contributed by atoms with E-state index in [1.54, 1.807) is 11.8 Å². The van der Waals surface area contributed by atoms with Gasteiger partial charge < -0.3 is 10.8 Å². The van der Waals surface area contributed by atoms with Crippen LogP contribution in [0.1, 0.15) is 24.2 Å². The first-order chi connectivity index (χ1) is 7.70. The second-order valence-electron chi connectivity index (χ2n) is 3.61. The van der Waals surface area contributed by atoms with Crippen LogP contribution in [0.2, 0.25) is 0 Å². The molecule has 0 saturated carbocycles. The first kappa shape index (κ1) is 14.0. The second-order valence-corrected chi connectivity index (χ2v) is 5.71. The highest BCUT2D eigenvalue weighted by molar-refractivity contribution is 9.10. The van der Waals surface area contributed by atoms with Crippen molar-refractivity contribution in [2.75, 3.05) is 12.4 Å². The highest BCUT2D eigenvalue weighted by Gasteiger charge is 2.20. The van der Waals surface area contributed by atoms with Gasteiger partial charge in [-0.3, -0.25) is 0 Å². The van der Waals surface area contributed by atoms with Crippen LogP contribution in [-0.2, 0) is 0 Å². The molecule has 0 aliphatic rings. The van der Waals surface area contributed by atoms with Crippen LogP contribution in [0, 0.1) is 0 Å². The van der Waals surface area contributed by atoms with Crippen LogP contribution in [0.3, 0.4) is 0 Å². The molecule has 0 fully saturated rings. The van der Waals surface area contributed by atoms with Crippen molar-refractivity contribution in [3.8, 4) is 0 Å². The molecule has 0 aliphatic heterocycles. The molecule has 0 radical (unpaired) electrons. The normalized spacial score (nSPS) is 14.8. The Morgan fingerprint density at radius 3 is 2.69 bits per heavy atom. The van der Waals surface area contributed by atoms with Crippen LogP contribution in [0.15, 0.2) is 28.7 Å². The molecule has 4 heteroatoms. The summed E-state index contributed by atoms with van der Waals surface area (Å²) in [7, 11) is 0. The predicted molar refractivity (Wildman–Crippen MR) is 74.7 cm³/mol. The summed E-state index contributed by atoms with van der Waals surface area (Å²) in [5.41, 5.74) is 7.35. The van der Waals surface area contributed by atoms with Crippen molar-refractivity contribution in [1.82, 2.24) is 0 Å². The number of hydrogen-bond acceptors (Lipinski definition) is 3. The second kappa shape index (κ2) is 7.33. The fourth-order valence-corrected chi connectivity index (χ4v) is 3.41. The van der Waals surface area contributed by atoms with Crippen LogP contribution >= 0.6 is 27.7 Å². The molecule has 16 heavy (non-hydrogen) atoms. The van der Waals surface area contributed by atoms with Crippen molar-refractivity contribution in [3.05, 3.63) is 34.3 Å². The summed E-state index contributed by atoms with van der Waals surface area (Å²) in [5.74, 6) is 0.722. The summed E-state index contributed by atoms with van der Waals surface area (Å²) in [6, 6.07) is 8.27. The van der Waals surface area contributed by atoms with Crippen LogP contribution in [0.5, 0.6) is 0 Å². The number of benzene rings is 1. The third-order valence-electron chi connectivity index (χ3n) is 2.46. The summed E-state index contributed by atoms with van der Waals surface area (Å²) in [6.45, 7) is 2.29. The number of aliphatic hydroxyl groups excluding tert-OH is 1. The van der Waals surface area contributed by atoms with E-state index in [2.05, 4.69) is 28.9 Å². The molecule has 1 rings (SSSR count). The van der Waals surface area contributed by atoms with Crippen molar-refractivity contribution < 1.29 is 5.11 Å². The zero-order chi connectivity index (χ0) is 12.0. The molecular weight excluding hydrogens is 286 g/mol. The highest BCUT2D eigenvalue weighted by atomic mass is 79.9. The first-order valence-electron chi connectivity index (χ1n) is 5.43. The number of aliphatic hydroxyl groups is 1. The van der Waals surface area contributed by atoms with E-state index in [0.717, 1.165) is 16.6 Å². The fraction of sp³-hybridized carbons (Fsp3) is 0.500. The highest BCUT2D eigenvalue weighted by Crippen LogP contribution is 2.36. The van der Waals surface area contributed by atoms with Crippen LogP contribution in [0.25, 0.3) is 0 Å². The zero-order valence-corrected chi connectivity index (χ0v) is 11.8. The van der Waals surface area contributed by atoms with Gasteiger partial charge in [-0.1, -0.05) is 41.1 Å². The van der Waals surface area contributed by atoms with E-state index in [9.17, 15) is 0 Å². The van der Waals surface area contributed by atoms with Gasteiger partial charge in [0.15, 0.2) is 0 Å². The average Bonchev–Trinajstić information content (AvgIpc) is 2.31. The van der Waals surface area contributed by atoms with Gasteiger partial charge >= 0.3 is 0 Å². The fourth-order valence-electron chi connectivity index (χ4n) is 1.54. The quantitative estimate of drug-likeness (QED) is 0.849. The van der Waals surface area contributed by atoms with Crippen molar-refractivity contribution in [2.24, 2.45) is 5.73 Å². The van der Waals surface area contributed by atoms with Crippen molar-refractivity contribution >= 4 is 27.7 Å². The largest absolute Gasteiger partial charge is 0.396 e. The number of thioether (sulfide) groups is 1. The minimum atomic E-state index is 0.121. The smallest absolute Gasteiger partial charge is 0.0521 e. The lowest BCUT2D eigenvalue weighted by Gasteiger charge is -2.23. The summed E-state index contributed by atoms with van der Waals surface area (Å²) < 4.78 is 1.09. The lowest BCUT2D eigenvalue weighted by molar-refractivity contribution is 0.322. The van der Waals surface area contributed by atoms with Crippen molar-refractivity contribution in [3.63, 3.8) is 0 Å². The maximum atomic E-state index is 8.91. The average molecular weight is 304 g/mol. The van der Waals surface area contributed by atoms with E-state index in [4.69, 9.17) is 10.8 Å². The molecule has 0 aliphatic carbocycles. The Labute approximate surface area is 110 Å². The van der Waals surface area contributed by atoms with E-state index in [1.165, 1.54) is 5.56 Å². The van der Waals surface area contributed by atoms with Gasteiger partial charge in [0.1, 0.15) is 0 Å². The molecule has 0 heterocycles. The summed E-state index contributed by atoms with van der Waals surface area (Å²) in [5, 5.41) is 9.16. The van der Waals surface area contributed by atoms with E-state index in [0.29, 0.717) is 0 Å². The minimum absolute atomic E-state index is 0.121. The Balaban J connectivity index is 2.87. The third-order valence-corrected chi connectivity index (χ3v) is 4.56. The molecular formula is C12H18BrNOS. The molecule has 2 unspecified atom stereocenters. The number of nitrogens with two attached hydrogens (primary N) is 1. The van der Waals surface area contributed by atoms with E-state index in [1.807, 2.05) is 18.2 Å². The lowest BCUT2D eigenvalue weighted by Crippen LogP contribution is -2.26. The standard InChI is InChI=1S/C12H18BrNOS/c1-2-11(14)12(16-8-7-15)9-5-3-4-6-10(9)13/h3-6,11-12,15H,2,7-8,14H2,1H3. The summed E-state index contributed by atoms with van der Waals surface area (Å²) in [6.07, 6.45) is 0.935. The van der Waals surface area contributed by atoms with E-state index >= 15 is 0 Å². The Morgan fingerprint density at radius 2 is 2.12 bits per heavy atom. The van der Waals surface area contributed by atoms with Gasteiger partial charge in [-0.2, -0.15) is 0 Å². The third kappa shape index (κ3) is 3.77. The Morgan fingerprint density at radius 1 is 1.44 bits per heavy atom. The SMILES string of the molecule is CCC(N)C(SCCO)c1ccccc1Br. The van der Waals surface area contributed by atoms with Gasteiger partial charge in [0.25, 0.3) is 0 Å². The molecule has 1 aromatic rings. The van der Waals surface area contributed by atoms with Crippen LogP contribution in [0.4, 0.5) is 0 Å². The number of rotatable bonds is 6. The molecule has 2 atom stereocenters. The Kier molecular flexibility index (Phi) is 6.43. The molecule has 0 bridgehead atoms. The molecule has 0 saturated heterocycles. The summed E-state index contributed by atoms with van der Waals surface area (Å²) >= 11 is 5.27. The van der Waals surface area contributed by atoms with Gasteiger partial charge in [0, 0.05) is 21.5 Å². The monoisotopic (exact) mass is 303 g/mol. The van der Waals surface area contributed by atoms with Gasteiger partial charge in [-0.25, -0.2) is 0 Å². The molecule has 1 aromatic carbocycles. The van der Waals surface area contributed by atoms with E-state index in [-0.39, 0.29) is 17.9 Å². The van der Waals surface area contributed by atoms with Crippen molar-refractivity contribution in [1.29, 1.82) is 0 Å². The van der Waals surface area contributed by atoms with Crippen LogP contribution in [-0.4, -0.2) is 23.5 Å². The van der Waals surface area contributed by atoms with Gasteiger partial charge in [-0.05, 0) is 18.1 Å². The Hall–Kier alpha value is -0.0300. The molecule has 0 amide bonds. The Bertz CT molecular complexity index is 322. The van der Waals surface area contributed by atoms with Crippen LogP contribution < -0.4 is 5.73 Å². The minimum Gasteiger partial charge on any atom is -0.396 e. The molecule has 0 spiro atoms. The van der Waals surface area contributed by atoms with Crippen molar-refractivity contribution in [2.45, 2.75) is 24.6 Å². The topological polar surface area (TPSA) is 46.2 Å². The van der Waals surface area contributed by atoms with Gasteiger partial charge in [-0.15, -0.1) is 11.8 Å². The molecule has 0 aromatic heterocycles. The zero-order valence-electron chi connectivity index (χ0n) is 9.40.